The number of rotatable bonds is 3. The van der Waals surface area contributed by atoms with Crippen molar-refractivity contribution in [3.63, 3.8) is 0 Å². The summed E-state index contributed by atoms with van der Waals surface area (Å²) in [6, 6.07) is 0. The van der Waals surface area contributed by atoms with Crippen LogP contribution in [0.5, 0.6) is 0 Å². The average Bonchev–Trinajstić information content (AvgIpc) is 1.89. The normalized spacial score (nSPS) is 12.7. The van der Waals surface area contributed by atoms with Crippen LogP contribution in [0.15, 0.2) is 22.3 Å². The van der Waals surface area contributed by atoms with Crippen molar-refractivity contribution >= 4 is 12.4 Å². The molecule has 2 nitrogen and oxygen atoms in total. The minimum Gasteiger partial charge on any atom is -0.295 e. The van der Waals surface area contributed by atoms with E-state index in [1.807, 2.05) is 6.08 Å². The second-order valence-corrected chi connectivity index (χ2v) is 1.50. The van der Waals surface area contributed by atoms with Crippen molar-refractivity contribution in [1.82, 2.24) is 0 Å². The Hall–Kier alpha value is -0.920. The summed E-state index contributed by atoms with van der Waals surface area (Å²) in [4.78, 5) is 7.62. The summed E-state index contributed by atoms with van der Waals surface area (Å²) >= 11 is 0. The topological polar surface area (TPSA) is 24.7 Å². The van der Waals surface area contributed by atoms with Gasteiger partial charge in [-0.15, -0.1) is 0 Å². The molecule has 0 aliphatic rings. The minimum atomic E-state index is 1.03. The molecule has 0 fully saturated rings. The second-order valence-electron chi connectivity index (χ2n) is 1.50. The van der Waals surface area contributed by atoms with Gasteiger partial charge in [0.05, 0.1) is 0 Å². The van der Waals surface area contributed by atoms with Crippen molar-refractivity contribution in [1.29, 1.82) is 0 Å². The zero-order valence-corrected chi connectivity index (χ0v) is 5.91. The lowest BCUT2D eigenvalue weighted by atomic mass is 10.5. The van der Waals surface area contributed by atoms with Gasteiger partial charge in [-0.2, -0.15) is 0 Å². The van der Waals surface area contributed by atoms with Crippen LogP contribution in [-0.4, -0.2) is 19.5 Å². The van der Waals surface area contributed by atoms with E-state index < -0.39 is 0 Å². The minimum absolute atomic E-state index is 1.03. The van der Waals surface area contributed by atoms with E-state index in [9.17, 15) is 0 Å². The maximum Gasteiger partial charge on any atom is 0.0446 e. The Kier molecular flexibility index (Phi) is 6.36. The molecule has 0 unspecified atom stereocenters. The van der Waals surface area contributed by atoms with E-state index in [4.69, 9.17) is 0 Å². The van der Waals surface area contributed by atoms with Gasteiger partial charge in [0.1, 0.15) is 0 Å². The van der Waals surface area contributed by atoms with E-state index in [1.165, 1.54) is 0 Å². The number of nitrogens with zero attached hydrogens (tertiary/aromatic N) is 2. The molecule has 0 radical (unpaired) electrons. The summed E-state index contributed by atoms with van der Waals surface area (Å²) in [5.74, 6) is 0. The molecule has 0 aromatic heterocycles. The first-order chi connectivity index (χ1) is 4.41. The third-order valence-corrected chi connectivity index (χ3v) is 0.729. The Labute approximate surface area is 56.0 Å². The van der Waals surface area contributed by atoms with Gasteiger partial charge in [0.2, 0.25) is 0 Å². The van der Waals surface area contributed by atoms with Gasteiger partial charge in [0.25, 0.3) is 0 Å². The molecule has 0 aromatic rings. The molecule has 2 heteroatoms. The fourth-order valence-electron chi connectivity index (χ4n) is 0.321. The molecule has 0 N–H and O–H groups in total. The smallest absolute Gasteiger partial charge is 0.0446 e. The van der Waals surface area contributed by atoms with Crippen molar-refractivity contribution in [3.8, 4) is 0 Å². The summed E-state index contributed by atoms with van der Waals surface area (Å²) in [7, 11) is 1.72. The summed E-state index contributed by atoms with van der Waals surface area (Å²) in [5.41, 5.74) is 0. The highest BCUT2D eigenvalue weighted by molar-refractivity contribution is 6.16. The Balaban J connectivity index is 3.35. The Bertz CT molecular complexity index is 123. The first-order valence-electron chi connectivity index (χ1n) is 3.00. The predicted octanol–water partition coefficient (Wildman–Crippen LogP) is 1.68. The van der Waals surface area contributed by atoms with E-state index in [1.54, 1.807) is 25.7 Å². The molecule has 9 heavy (non-hydrogen) atoms. The zero-order chi connectivity index (χ0) is 6.95. The molecule has 0 rings (SSSR count). The maximum absolute atomic E-state index is 3.90. The summed E-state index contributed by atoms with van der Waals surface area (Å²) in [5, 5.41) is 0. The molecule has 50 valence electrons. The summed E-state index contributed by atoms with van der Waals surface area (Å²) < 4.78 is 0. The average molecular weight is 124 g/mol. The summed E-state index contributed by atoms with van der Waals surface area (Å²) in [6.07, 6.45) is 8.09. The molecule has 0 aromatic carbocycles. The lowest BCUT2D eigenvalue weighted by Crippen LogP contribution is -1.70. The van der Waals surface area contributed by atoms with Crippen LogP contribution < -0.4 is 0 Å². The Morgan fingerprint density at radius 3 is 2.67 bits per heavy atom. The highest BCUT2D eigenvalue weighted by atomic mass is 14.7. The quantitative estimate of drug-likeness (QED) is 0.511. The van der Waals surface area contributed by atoms with Crippen LogP contribution in [0, 0.1) is 0 Å². The van der Waals surface area contributed by atoms with Gasteiger partial charge in [-0.05, 0) is 6.42 Å². The SMILES string of the molecule is CC/C=C\N=CC=NC. The molecular weight excluding hydrogens is 112 g/mol. The fourth-order valence-corrected chi connectivity index (χ4v) is 0.321. The van der Waals surface area contributed by atoms with E-state index in [-0.39, 0.29) is 0 Å². The summed E-state index contributed by atoms with van der Waals surface area (Å²) in [6.45, 7) is 2.07. The van der Waals surface area contributed by atoms with Crippen LogP contribution >= 0.6 is 0 Å². The maximum atomic E-state index is 3.90. The zero-order valence-electron chi connectivity index (χ0n) is 5.91. The van der Waals surface area contributed by atoms with Crippen LogP contribution in [-0.2, 0) is 0 Å². The molecule has 0 bridgehead atoms. The van der Waals surface area contributed by atoms with Gasteiger partial charge in [-0.25, -0.2) is 0 Å². The molecule has 0 saturated heterocycles. The second kappa shape index (κ2) is 7.08. The van der Waals surface area contributed by atoms with Crippen LogP contribution in [0.2, 0.25) is 0 Å². The molecule has 0 aliphatic heterocycles. The Morgan fingerprint density at radius 2 is 2.11 bits per heavy atom. The van der Waals surface area contributed by atoms with E-state index in [2.05, 4.69) is 16.9 Å². The van der Waals surface area contributed by atoms with Crippen LogP contribution in [0.4, 0.5) is 0 Å². The number of hydrogen-bond acceptors (Lipinski definition) is 2. The van der Waals surface area contributed by atoms with Gasteiger partial charge >= 0.3 is 0 Å². The first kappa shape index (κ1) is 8.08. The van der Waals surface area contributed by atoms with Crippen LogP contribution in [0.25, 0.3) is 0 Å². The van der Waals surface area contributed by atoms with Crippen molar-refractivity contribution < 1.29 is 0 Å². The fraction of sp³-hybridized carbons (Fsp3) is 0.429. The van der Waals surface area contributed by atoms with Gasteiger partial charge in [-0.3, -0.25) is 9.98 Å². The van der Waals surface area contributed by atoms with Crippen LogP contribution in [0.3, 0.4) is 0 Å². The molecule has 0 aliphatic carbocycles. The Morgan fingerprint density at radius 1 is 1.33 bits per heavy atom. The lowest BCUT2D eigenvalue weighted by molar-refractivity contribution is 1.21. The van der Waals surface area contributed by atoms with Crippen LogP contribution in [0.1, 0.15) is 13.3 Å². The number of aliphatic imine (C=N–C) groups is 2. The molecule has 0 atom stereocenters. The highest BCUT2D eigenvalue weighted by Gasteiger charge is 1.61. The van der Waals surface area contributed by atoms with Crippen molar-refractivity contribution in [2.75, 3.05) is 7.05 Å². The highest BCUT2D eigenvalue weighted by Crippen LogP contribution is 1.77. The number of allylic oxidation sites excluding steroid dienone is 1. The molecule has 0 saturated carbocycles. The first-order valence-corrected chi connectivity index (χ1v) is 3.00. The third-order valence-electron chi connectivity index (χ3n) is 0.729. The van der Waals surface area contributed by atoms with Gasteiger partial charge in [0, 0.05) is 25.7 Å². The molecule has 0 amide bonds. The number of hydrogen-bond donors (Lipinski definition) is 0. The van der Waals surface area contributed by atoms with E-state index in [0.29, 0.717) is 0 Å². The van der Waals surface area contributed by atoms with Crippen molar-refractivity contribution in [2.24, 2.45) is 9.98 Å². The molecule has 0 spiro atoms. The third kappa shape index (κ3) is 7.08. The van der Waals surface area contributed by atoms with E-state index in [0.717, 1.165) is 6.42 Å². The predicted molar refractivity (Wildman–Crippen MR) is 42.3 cm³/mol. The van der Waals surface area contributed by atoms with Crippen molar-refractivity contribution in [3.05, 3.63) is 12.3 Å². The monoisotopic (exact) mass is 124 g/mol. The van der Waals surface area contributed by atoms with Gasteiger partial charge in [-0.1, -0.05) is 13.0 Å². The lowest BCUT2D eigenvalue weighted by Gasteiger charge is -1.73. The van der Waals surface area contributed by atoms with E-state index >= 15 is 0 Å². The van der Waals surface area contributed by atoms with Gasteiger partial charge in [0.15, 0.2) is 0 Å². The molecule has 0 heterocycles. The largest absolute Gasteiger partial charge is 0.295 e. The molecular formula is C7H12N2. The standard InChI is InChI=1S/C7H12N2/c1-3-4-5-9-7-6-8-2/h4-7H,3H2,1-2H3/b5-4-,8-6?,9-7?. The van der Waals surface area contributed by atoms with Gasteiger partial charge < -0.3 is 0 Å². The van der Waals surface area contributed by atoms with Crippen molar-refractivity contribution in [2.45, 2.75) is 13.3 Å².